The summed E-state index contributed by atoms with van der Waals surface area (Å²) >= 11 is 1.91. The van der Waals surface area contributed by atoms with E-state index in [0.29, 0.717) is 5.25 Å². The summed E-state index contributed by atoms with van der Waals surface area (Å²) in [5.74, 6) is 0. The molecule has 2 heterocycles. The van der Waals surface area contributed by atoms with Gasteiger partial charge >= 0.3 is 0 Å². The number of amidine groups is 1. The standard InChI is InChI=1S/C14H19N3S/c1-2-17-8-7-12(10-17)18-14-15-9-11-5-3-4-6-13(11)16-14/h3-6,12H,2,7-10H2,1H3,(H,15,16). The van der Waals surface area contributed by atoms with Crippen LogP contribution in [0, 0.1) is 0 Å². The molecule has 0 saturated carbocycles. The Labute approximate surface area is 113 Å². The second-order valence-corrected chi connectivity index (χ2v) is 6.11. The van der Waals surface area contributed by atoms with Gasteiger partial charge in [-0.05, 0) is 31.1 Å². The molecule has 2 aliphatic rings. The Hall–Kier alpha value is -1.00. The molecular weight excluding hydrogens is 242 g/mol. The molecule has 1 atom stereocenters. The molecule has 0 amide bonds. The highest BCUT2D eigenvalue weighted by Crippen LogP contribution is 2.28. The number of thioether (sulfide) groups is 1. The summed E-state index contributed by atoms with van der Waals surface area (Å²) < 4.78 is 0. The van der Waals surface area contributed by atoms with Gasteiger partial charge in [0.15, 0.2) is 5.17 Å². The predicted molar refractivity (Wildman–Crippen MR) is 79.3 cm³/mol. The molecule has 0 aliphatic carbocycles. The lowest BCUT2D eigenvalue weighted by molar-refractivity contribution is 0.360. The molecule has 4 heteroatoms. The van der Waals surface area contributed by atoms with Crippen LogP contribution < -0.4 is 5.32 Å². The maximum Gasteiger partial charge on any atom is 0.161 e. The number of anilines is 1. The van der Waals surface area contributed by atoms with Gasteiger partial charge in [-0.25, -0.2) is 0 Å². The molecule has 1 aromatic rings. The molecule has 1 unspecified atom stereocenters. The molecule has 18 heavy (non-hydrogen) atoms. The molecule has 96 valence electrons. The van der Waals surface area contributed by atoms with Crippen molar-refractivity contribution in [3.63, 3.8) is 0 Å². The van der Waals surface area contributed by atoms with Crippen molar-refractivity contribution in [2.45, 2.75) is 25.1 Å². The van der Waals surface area contributed by atoms with Gasteiger partial charge in [0, 0.05) is 17.5 Å². The van der Waals surface area contributed by atoms with Crippen LogP contribution in [0.25, 0.3) is 0 Å². The summed E-state index contributed by atoms with van der Waals surface area (Å²) in [5.41, 5.74) is 2.52. The van der Waals surface area contributed by atoms with Gasteiger partial charge in [0.05, 0.1) is 6.54 Å². The van der Waals surface area contributed by atoms with Gasteiger partial charge in [-0.15, -0.1) is 0 Å². The number of aliphatic imine (C=N–C) groups is 1. The van der Waals surface area contributed by atoms with Gasteiger partial charge in [-0.3, -0.25) is 4.99 Å². The lowest BCUT2D eigenvalue weighted by Crippen LogP contribution is -2.22. The Morgan fingerprint density at radius 1 is 1.44 bits per heavy atom. The van der Waals surface area contributed by atoms with E-state index in [-0.39, 0.29) is 0 Å². The maximum absolute atomic E-state index is 4.64. The lowest BCUT2D eigenvalue weighted by atomic mass is 10.1. The first kappa shape index (κ1) is 12.1. The van der Waals surface area contributed by atoms with E-state index in [2.05, 4.69) is 46.4 Å². The van der Waals surface area contributed by atoms with Crippen molar-refractivity contribution in [1.29, 1.82) is 0 Å². The van der Waals surface area contributed by atoms with Crippen molar-refractivity contribution in [3.05, 3.63) is 29.8 Å². The van der Waals surface area contributed by atoms with E-state index in [1.807, 2.05) is 11.8 Å². The van der Waals surface area contributed by atoms with Crippen LogP contribution in [-0.2, 0) is 6.54 Å². The van der Waals surface area contributed by atoms with E-state index in [9.17, 15) is 0 Å². The van der Waals surface area contributed by atoms with Crippen molar-refractivity contribution in [2.75, 3.05) is 25.0 Å². The van der Waals surface area contributed by atoms with Gasteiger partial charge in [0.2, 0.25) is 0 Å². The summed E-state index contributed by atoms with van der Waals surface area (Å²) in [5, 5.41) is 5.24. The zero-order valence-electron chi connectivity index (χ0n) is 10.7. The second kappa shape index (κ2) is 5.33. The zero-order valence-corrected chi connectivity index (χ0v) is 11.5. The van der Waals surface area contributed by atoms with E-state index >= 15 is 0 Å². The minimum Gasteiger partial charge on any atom is -0.335 e. The summed E-state index contributed by atoms with van der Waals surface area (Å²) in [6, 6.07) is 8.43. The Morgan fingerprint density at radius 2 is 2.33 bits per heavy atom. The second-order valence-electron chi connectivity index (χ2n) is 4.83. The van der Waals surface area contributed by atoms with E-state index < -0.39 is 0 Å². The minimum absolute atomic E-state index is 0.696. The highest BCUT2D eigenvalue weighted by Gasteiger charge is 2.24. The first-order valence-electron chi connectivity index (χ1n) is 6.63. The van der Waals surface area contributed by atoms with E-state index in [1.54, 1.807) is 0 Å². The van der Waals surface area contributed by atoms with Gasteiger partial charge in [-0.1, -0.05) is 36.9 Å². The smallest absolute Gasteiger partial charge is 0.161 e. The third-order valence-corrected chi connectivity index (χ3v) is 4.78. The summed E-state index contributed by atoms with van der Waals surface area (Å²) in [6.45, 7) is 6.65. The first-order chi connectivity index (χ1) is 8.85. The van der Waals surface area contributed by atoms with Crippen molar-refractivity contribution >= 4 is 22.6 Å². The van der Waals surface area contributed by atoms with Crippen LogP contribution in [-0.4, -0.2) is 35.0 Å². The molecular formula is C14H19N3S. The molecule has 0 spiro atoms. The average Bonchev–Trinajstić information content (AvgIpc) is 2.86. The molecule has 1 aromatic carbocycles. The summed E-state index contributed by atoms with van der Waals surface area (Å²) in [6.07, 6.45) is 1.28. The highest BCUT2D eigenvalue weighted by atomic mass is 32.2. The molecule has 1 N–H and O–H groups in total. The Bertz CT molecular complexity index is 458. The van der Waals surface area contributed by atoms with Crippen LogP contribution >= 0.6 is 11.8 Å². The van der Waals surface area contributed by atoms with Gasteiger partial charge in [0.25, 0.3) is 0 Å². The molecule has 0 aromatic heterocycles. The zero-order chi connectivity index (χ0) is 12.4. The van der Waals surface area contributed by atoms with Crippen LogP contribution in [0.1, 0.15) is 18.9 Å². The number of hydrogen-bond acceptors (Lipinski definition) is 4. The monoisotopic (exact) mass is 261 g/mol. The molecule has 1 fully saturated rings. The van der Waals surface area contributed by atoms with Crippen molar-refractivity contribution < 1.29 is 0 Å². The van der Waals surface area contributed by atoms with Crippen molar-refractivity contribution in [3.8, 4) is 0 Å². The molecule has 0 bridgehead atoms. The van der Waals surface area contributed by atoms with Crippen LogP contribution in [0.4, 0.5) is 5.69 Å². The van der Waals surface area contributed by atoms with Crippen molar-refractivity contribution in [2.24, 2.45) is 4.99 Å². The number of benzene rings is 1. The van der Waals surface area contributed by atoms with Crippen LogP contribution in [0.3, 0.4) is 0 Å². The summed E-state index contributed by atoms with van der Waals surface area (Å²) in [7, 11) is 0. The SMILES string of the molecule is CCN1CCC(SC2=NCc3ccccc3N2)C1. The predicted octanol–water partition coefficient (Wildman–Crippen LogP) is 2.80. The fourth-order valence-electron chi connectivity index (χ4n) is 2.50. The van der Waals surface area contributed by atoms with Gasteiger partial charge in [0.1, 0.15) is 0 Å². The molecule has 0 radical (unpaired) electrons. The summed E-state index contributed by atoms with van der Waals surface area (Å²) in [4.78, 5) is 7.14. The van der Waals surface area contributed by atoms with Crippen LogP contribution in [0.15, 0.2) is 29.3 Å². The maximum atomic E-state index is 4.64. The lowest BCUT2D eigenvalue weighted by Gasteiger charge is -2.20. The topological polar surface area (TPSA) is 27.6 Å². The first-order valence-corrected chi connectivity index (χ1v) is 7.51. The van der Waals surface area contributed by atoms with Crippen LogP contribution in [0.2, 0.25) is 0 Å². The van der Waals surface area contributed by atoms with Crippen molar-refractivity contribution in [1.82, 2.24) is 4.90 Å². The van der Waals surface area contributed by atoms with E-state index in [4.69, 9.17) is 0 Å². The number of nitrogens with zero attached hydrogens (tertiary/aromatic N) is 2. The fraction of sp³-hybridized carbons (Fsp3) is 0.500. The number of hydrogen-bond donors (Lipinski definition) is 1. The average molecular weight is 261 g/mol. The van der Waals surface area contributed by atoms with E-state index in [0.717, 1.165) is 11.7 Å². The molecule has 2 aliphatic heterocycles. The Kier molecular flexibility index (Phi) is 3.57. The third kappa shape index (κ3) is 2.54. The Morgan fingerprint density at radius 3 is 3.17 bits per heavy atom. The quantitative estimate of drug-likeness (QED) is 0.887. The number of fused-ring (bicyclic) bond motifs is 1. The fourth-order valence-corrected chi connectivity index (χ4v) is 3.63. The highest BCUT2D eigenvalue weighted by molar-refractivity contribution is 8.14. The number of nitrogens with one attached hydrogen (secondary N) is 1. The number of rotatable bonds is 2. The third-order valence-electron chi connectivity index (χ3n) is 3.61. The van der Waals surface area contributed by atoms with Gasteiger partial charge < -0.3 is 10.2 Å². The van der Waals surface area contributed by atoms with Crippen LogP contribution in [0.5, 0.6) is 0 Å². The molecule has 1 saturated heterocycles. The minimum atomic E-state index is 0.696. The molecule has 3 nitrogen and oxygen atoms in total. The largest absolute Gasteiger partial charge is 0.335 e. The normalized spacial score (nSPS) is 23.4. The number of likely N-dealkylation sites (tertiary alicyclic amines) is 1. The number of para-hydroxylation sites is 1. The Balaban J connectivity index is 1.61. The molecule has 3 rings (SSSR count). The van der Waals surface area contributed by atoms with E-state index in [1.165, 1.54) is 37.3 Å². The van der Waals surface area contributed by atoms with Gasteiger partial charge in [-0.2, -0.15) is 0 Å².